The van der Waals surface area contributed by atoms with Crippen LogP contribution in [0.15, 0.2) is 16.7 Å². The number of hydrogen-bond donors (Lipinski definition) is 0. The van der Waals surface area contributed by atoms with Crippen molar-refractivity contribution in [1.29, 1.82) is 0 Å². The van der Waals surface area contributed by atoms with Gasteiger partial charge >= 0.3 is 6.18 Å². The van der Waals surface area contributed by atoms with Crippen molar-refractivity contribution >= 4 is 21.6 Å². The Bertz CT molecular complexity index is 468. The van der Waals surface area contributed by atoms with Crippen LogP contribution >= 0.6 is 15.9 Å². The van der Waals surface area contributed by atoms with Crippen LogP contribution in [0, 0.1) is 0 Å². The lowest BCUT2D eigenvalue weighted by Gasteiger charge is -2.20. The number of alkyl halides is 4. The number of ether oxygens (including phenoxy) is 1. The van der Waals surface area contributed by atoms with Crippen LogP contribution in [0.4, 0.5) is 23.2 Å². The van der Waals surface area contributed by atoms with Crippen molar-refractivity contribution in [3.8, 4) is 0 Å². The maximum atomic E-state index is 13.6. The Hall–Kier alpha value is -0.890. The first-order chi connectivity index (χ1) is 8.82. The SMILES string of the molecule is CO[C@@H]1CN(c2cc(C(F)(F)F)ncc2Br)C[C@H]1F. The van der Waals surface area contributed by atoms with Crippen molar-refractivity contribution in [3.63, 3.8) is 0 Å². The first-order valence-corrected chi connectivity index (χ1v) is 6.26. The summed E-state index contributed by atoms with van der Waals surface area (Å²) in [4.78, 5) is 4.83. The van der Waals surface area contributed by atoms with Crippen LogP contribution < -0.4 is 4.90 Å². The van der Waals surface area contributed by atoms with Gasteiger partial charge in [-0.1, -0.05) is 0 Å². The van der Waals surface area contributed by atoms with Gasteiger partial charge in [0.15, 0.2) is 0 Å². The topological polar surface area (TPSA) is 25.4 Å². The van der Waals surface area contributed by atoms with E-state index >= 15 is 0 Å². The third-order valence-electron chi connectivity index (χ3n) is 2.97. The molecule has 106 valence electrons. The van der Waals surface area contributed by atoms with Gasteiger partial charge in [0.05, 0.1) is 16.7 Å². The van der Waals surface area contributed by atoms with Crippen molar-refractivity contribution in [2.45, 2.75) is 18.5 Å². The van der Waals surface area contributed by atoms with E-state index in [1.165, 1.54) is 12.0 Å². The first-order valence-electron chi connectivity index (χ1n) is 5.47. The summed E-state index contributed by atoms with van der Waals surface area (Å²) in [5.74, 6) is 0. The number of pyridine rings is 1. The second kappa shape index (κ2) is 5.24. The molecule has 0 bridgehead atoms. The van der Waals surface area contributed by atoms with Crippen LogP contribution in [0.5, 0.6) is 0 Å². The fraction of sp³-hybridized carbons (Fsp3) is 0.545. The zero-order valence-electron chi connectivity index (χ0n) is 9.92. The highest BCUT2D eigenvalue weighted by Gasteiger charge is 2.37. The molecule has 0 saturated carbocycles. The molecule has 0 N–H and O–H groups in total. The van der Waals surface area contributed by atoms with E-state index in [2.05, 4.69) is 20.9 Å². The highest BCUT2D eigenvalue weighted by atomic mass is 79.9. The number of aromatic nitrogens is 1. The molecular weight excluding hydrogens is 332 g/mol. The van der Waals surface area contributed by atoms with Crippen LogP contribution in [0.25, 0.3) is 0 Å². The highest BCUT2D eigenvalue weighted by molar-refractivity contribution is 9.10. The molecule has 0 unspecified atom stereocenters. The monoisotopic (exact) mass is 342 g/mol. The molecule has 2 atom stereocenters. The van der Waals surface area contributed by atoms with Gasteiger partial charge in [0.1, 0.15) is 18.0 Å². The van der Waals surface area contributed by atoms with Crippen molar-refractivity contribution in [2.75, 3.05) is 25.1 Å². The molecule has 3 nitrogen and oxygen atoms in total. The molecule has 2 rings (SSSR count). The number of hydrogen-bond acceptors (Lipinski definition) is 3. The van der Waals surface area contributed by atoms with Crippen molar-refractivity contribution < 1.29 is 22.3 Å². The van der Waals surface area contributed by atoms with E-state index in [0.717, 1.165) is 12.3 Å². The average Bonchev–Trinajstić information content (AvgIpc) is 2.69. The van der Waals surface area contributed by atoms with Gasteiger partial charge in [-0.05, 0) is 22.0 Å². The zero-order chi connectivity index (χ0) is 14.2. The standard InChI is InChI=1S/C11H11BrF4N2O/c1-19-9-5-18(4-7(9)13)8-2-10(11(14,15)16)17-3-6(8)12/h2-3,7,9H,4-5H2,1H3/t7-,9-/m1/s1. The molecule has 0 aromatic carbocycles. The van der Waals surface area contributed by atoms with E-state index in [1.807, 2.05) is 0 Å². The lowest BCUT2D eigenvalue weighted by Crippen LogP contribution is -2.23. The van der Waals surface area contributed by atoms with Crippen molar-refractivity contribution in [1.82, 2.24) is 4.98 Å². The lowest BCUT2D eigenvalue weighted by atomic mass is 10.3. The summed E-state index contributed by atoms with van der Waals surface area (Å²) >= 11 is 3.13. The molecule has 1 saturated heterocycles. The van der Waals surface area contributed by atoms with Gasteiger partial charge in [0.25, 0.3) is 0 Å². The maximum absolute atomic E-state index is 13.6. The van der Waals surface area contributed by atoms with Gasteiger partial charge in [-0.25, -0.2) is 4.39 Å². The van der Waals surface area contributed by atoms with Crippen molar-refractivity contribution in [2.24, 2.45) is 0 Å². The molecule has 0 amide bonds. The minimum atomic E-state index is -4.52. The van der Waals surface area contributed by atoms with E-state index in [9.17, 15) is 17.6 Å². The fourth-order valence-electron chi connectivity index (χ4n) is 1.98. The number of anilines is 1. The van der Waals surface area contributed by atoms with Crippen LogP contribution in [-0.4, -0.2) is 37.5 Å². The molecular formula is C11H11BrF4N2O. The number of methoxy groups -OCH3 is 1. The van der Waals surface area contributed by atoms with E-state index in [4.69, 9.17) is 4.74 Å². The van der Waals surface area contributed by atoms with Gasteiger partial charge in [-0.3, -0.25) is 4.98 Å². The molecule has 1 aliphatic heterocycles. The average molecular weight is 343 g/mol. The minimum absolute atomic E-state index is 0.00157. The molecule has 1 aromatic rings. The quantitative estimate of drug-likeness (QED) is 0.772. The third kappa shape index (κ3) is 3.00. The molecule has 8 heteroatoms. The first kappa shape index (κ1) is 14.5. The minimum Gasteiger partial charge on any atom is -0.377 e. The molecule has 0 radical (unpaired) electrons. The summed E-state index contributed by atoms with van der Waals surface area (Å²) in [7, 11) is 1.38. The van der Waals surface area contributed by atoms with Crippen LogP contribution in [-0.2, 0) is 10.9 Å². The Balaban J connectivity index is 2.30. The predicted molar refractivity (Wildman–Crippen MR) is 64.8 cm³/mol. The number of rotatable bonds is 2. The summed E-state index contributed by atoms with van der Waals surface area (Å²) < 4.78 is 56.7. The van der Waals surface area contributed by atoms with Crippen molar-refractivity contribution in [3.05, 3.63) is 22.4 Å². The Morgan fingerprint density at radius 2 is 2.11 bits per heavy atom. The number of halogens is 5. The van der Waals surface area contributed by atoms with E-state index in [0.29, 0.717) is 4.47 Å². The molecule has 0 spiro atoms. The largest absolute Gasteiger partial charge is 0.433 e. The molecule has 2 heterocycles. The fourth-order valence-corrected chi connectivity index (χ4v) is 2.45. The zero-order valence-corrected chi connectivity index (χ0v) is 11.5. The van der Waals surface area contributed by atoms with Gasteiger partial charge in [0.2, 0.25) is 0 Å². The lowest BCUT2D eigenvalue weighted by molar-refractivity contribution is -0.141. The maximum Gasteiger partial charge on any atom is 0.433 e. The van der Waals surface area contributed by atoms with Gasteiger partial charge in [-0.2, -0.15) is 13.2 Å². The van der Waals surface area contributed by atoms with Crippen LogP contribution in [0.1, 0.15) is 5.69 Å². The van der Waals surface area contributed by atoms with Gasteiger partial charge in [0, 0.05) is 19.9 Å². The summed E-state index contributed by atoms with van der Waals surface area (Å²) in [5.41, 5.74) is -0.730. The molecule has 1 fully saturated rings. The second-order valence-corrected chi connectivity index (χ2v) is 5.07. The summed E-state index contributed by atoms with van der Waals surface area (Å²) in [6.45, 7) is 0.204. The highest BCUT2D eigenvalue weighted by Crippen LogP contribution is 2.35. The molecule has 19 heavy (non-hydrogen) atoms. The Morgan fingerprint density at radius 1 is 1.42 bits per heavy atom. The third-order valence-corrected chi connectivity index (χ3v) is 3.58. The predicted octanol–water partition coefficient (Wildman–Crippen LogP) is 3.04. The normalized spacial score (nSPS) is 24.0. The molecule has 1 aliphatic rings. The van der Waals surface area contributed by atoms with E-state index in [1.54, 1.807) is 0 Å². The summed E-state index contributed by atoms with van der Waals surface area (Å²) in [6.07, 6.45) is -5.30. The molecule has 0 aliphatic carbocycles. The van der Waals surface area contributed by atoms with E-state index < -0.39 is 24.1 Å². The Morgan fingerprint density at radius 3 is 2.63 bits per heavy atom. The Kier molecular flexibility index (Phi) is 4.00. The van der Waals surface area contributed by atoms with Crippen LogP contribution in [0.3, 0.4) is 0 Å². The molecule has 1 aromatic heterocycles. The van der Waals surface area contributed by atoms with Crippen LogP contribution in [0.2, 0.25) is 0 Å². The smallest absolute Gasteiger partial charge is 0.377 e. The van der Waals surface area contributed by atoms with Gasteiger partial charge in [-0.15, -0.1) is 0 Å². The van der Waals surface area contributed by atoms with E-state index in [-0.39, 0.29) is 18.8 Å². The number of nitrogens with zero attached hydrogens (tertiary/aromatic N) is 2. The summed E-state index contributed by atoms with van der Waals surface area (Å²) in [6, 6.07) is 0.912. The Labute approximate surface area is 115 Å². The summed E-state index contributed by atoms with van der Waals surface area (Å²) in [5, 5.41) is 0. The van der Waals surface area contributed by atoms with Gasteiger partial charge < -0.3 is 9.64 Å². The second-order valence-electron chi connectivity index (χ2n) is 4.21.